The molecule has 4 aromatic rings. The number of halogens is 1. The van der Waals surface area contributed by atoms with E-state index in [0.717, 1.165) is 11.6 Å². The van der Waals surface area contributed by atoms with Crippen molar-refractivity contribution in [1.29, 1.82) is 0 Å². The highest BCUT2D eigenvalue weighted by molar-refractivity contribution is 6.00. The summed E-state index contributed by atoms with van der Waals surface area (Å²) in [5, 5.41) is 35.4. The number of aromatic amines is 1. The summed E-state index contributed by atoms with van der Waals surface area (Å²) < 4.78 is 25.6. The molecule has 14 nitrogen and oxygen atoms in total. The number of nitrogens with one attached hydrogen (secondary N) is 4. The molecule has 7 N–H and O–H groups in total. The number of carboxylic acid groups (broad SMARTS) is 1. The van der Waals surface area contributed by atoms with Crippen LogP contribution in [0.1, 0.15) is 35.2 Å². The number of aliphatic carboxylic acids is 1. The van der Waals surface area contributed by atoms with Crippen LogP contribution in [-0.2, 0) is 14.3 Å². The number of hydrogen-bond acceptors (Lipinski definition) is 9. The summed E-state index contributed by atoms with van der Waals surface area (Å²) in [6.07, 6.45) is 1.58. The van der Waals surface area contributed by atoms with Gasteiger partial charge in [0.25, 0.3) is 5.91 Å². The van der Waals surface area contributed by atoms with E-state index in [2.05, 4.69) is 25.9 Å². The quantitative estimate of drug-likeness (QED) is 0.0900. The maximum absolute atomic E-state index is 14.8. The van der Waals surface area contributed by atoms with Gasteiger partial charge in [-0.05, 0) is 55.3 Å². The fraction of sp³-hybridized carbons (Fsp3) is 0.242. The van der Waals surface area contributed by atoms with Gasteiger partial charge in [-0.2, -0.15) is 0 Å². The molecule has 0 aliphatic rings. The Kier molecular flexibility index (Phi) is 11.8. The van der Waals surface area contributed by atoms with Crippen LogP contribution in [0, 0.1) is 12.7 Å². The molecule has 0 aliphatic carbocycles. The molecule has 0 radical (unpaired) electrons. The van der Waals surface area contributed by atoms with E-state index in [1.54, 1.807) is 18.2 Å². The van der Waals surface area contributed by atoms with Crippen LogP contribution in [0.4, 0.5) is 20.6 Å². The summed E-state index contributed by atoms with van der Waals surface area (Å²) >= 11 is 0. The topological polar surface area (TPSA) is 212 Å². The average molecular weight is 664 g/mol. The zero-order valence-corrected chi connectivity index (χ0v) is 25.8. The summed E-state index contributed by atoms with van der Waals surface area (Å²) in [6.45, 7) is 0.447. The molecule has 4 rings (SSSR count). The molecular weight excluding hydrogens is 629 g/mol. The first-order chi connectivity index (χ1) is 23.0. The number of nitrogens with zero attached hydrogens (tertiary/aromatic N) is 1. The fourth-order valence-corrected chi connectivity index (χ4v) is 4.68. The Morgan fingerprint density at radius 2 is 1.75 bits per heavy atom. The molecule has 0 bridgehead atoms. The number of ether oxygens (including phenoxy) is 2. The number of hydrogen-bond donors (Lipinski definition) is 7. The van der Waals surface area contributed by atoms with Crippen molar-refractivity contribution in [3.63, 3.8) is 0 Å². The van der Waals surface area contributed by atoms with Crippen LogP contribution >= 0.6 is 0 Å². The van der Waals surface area contributed by atoms with Gasteiger partial charge in [-0.1, -0.05) is 12.1 Å². The molecule has 2 aromatic carbocycles. The van der Waals surface area contributed by atoms with Crippen LogP contribution in [0.25, 0.3) is 11.4 Å². The zero-order valence-electron chi connectivity index (χ0n) is 25.8. The molecule has 15 heteroatoms. The molecule has 0 aliphatic heterocycles. The maximum Gasteiger partial charge on any atom is 0.332 e. The third kappa shape index (κ3) is 9.37. The largest absolute Gasteiger partial charge is 0.481 e. The van der Waals surface area contributed by atoms with E-state index in [1.165, 1.54) is 42.7 Å². The monoisotopic (exact) mass is 663 g/mol. The summed E-state index contributed by atoms with van der Waals surface area (Å²) in [5.41, 5.74) is 0.348. The number of rotatable bonds is 15. The summed E-state index contributed by atoms with van der Waals surface area (Å²) in [6, 6.07) is 14.9. The summed E-state index contributed by atoms with van der Waals surface area (Å²) in [4.78, 5) is 56.8. The van der Waals surface area contributed by atoms with E-state index in [0.29, 0.717) is 17.1 Å². The molecular formula is C33H34FN5O9. The van der Waals surface area contributed by atoms with E-state index in [-0.39, 0.29) is 42.2 Å². The van der Waals surface area contributed by atoms with Crippen molar-refractivity contribution in [1.82, 2.24) is 15.3 Å². The Morgan fingerprint density at radius 3 is 2.46 bits per heavy atom. The van der Waals surface area contributed by atoms with Crippen molar-refractivity contribution in [3.8, 4) is 22.9 Å². The van der Waals surface area contributed by atoms with Crippen molar-refractivity contribution in [2.75, 3.05) is 30.5 Å². The maximum atomic E-state index is 14.8. The van der Waals surface area contributed by atoms with Gasteiger partial charge in [0.15, 0.2) is 0 Å². The molecule has 1 unspecified atom stereocenters. The van der Waals surface area contributed by atoms with E-state index >= 15 is 0 Å². The highest BCUT2D eigenvalue weighted by Crippen LogP contribution is 2.29. The van der Waals surface area contributed by atoms with Crippen LogP contribution in [0.5, 0.6) is 11.5 Å². The van der Waals surface area contributed by atoms with Gasteiger partial charge in [0, 0.05) is 49.7 Å². The molecule has 0 spiro atoms. The Bertz CT molecular complexity index is 1780. The smallest absolute Gasteiger partial charge is 0.332 e. The lowest BCUT2D eigenvalue weighted by Gasteiger charge is -2.31. The van der Waals surface area contributed by atoms with Crippen molar-refractivity contribution in [3.05, 3.63) is 90.0 Å². The Morgan fingerprint density at radius 1 is 0.958 bits per heavy atom. The predicted octanol–water partition coefficient (Wildman–Crippen LogP) is 4.21. The van der Waals surface area contributed by atoms with E-state index in [4.69, 9.17) is 14.6 Å². The predicted molar refractivity (Wildman–Crippen MR) is 171 cm³/mol. The van der Waals surface area contributed by atoms with Crippen LogP contribution < -0.4 is 20.7 Å². The number of carbonyl (C=O) groups excluding carboxylic acids is 3. The Hall–Kier alpha value is -5.80. The molecule has 2 heterocycles. The molecule has 1 atom stereocenters. The van der Waals surface area contributed by atoms with Gasteiger partial charge in [0.1, 0.15) is 29.5 Å². The second-order valence-corrected chi connectivity index (χ2v) is 10.6. The third-order valence-corrected chi connectivity index (χ3v) is 7.03. The number of aliphatic hydroxyl groups is 2. The highest BCUT2D eigenvalue weighted by Gasteiger charge is 2.41. The number of esters is 1. The standard InChI is InChI=1S/C33H34FN5O9/c1-20-3-2-4-22(15-20)37-32(46)38-26-6-5-23(17-25(26)34)48-24-8-11-35-28(18-24)27-16-21(19-36-27)30(44)39-33(10-12-40,9-7-29(42)43)31(45)47-14-13-41/h2-6,8,11,15-19,36,40-41H,7,9-10,12-14H2,1H3,(H,39,44)(H,42,43)(H2,37,38,46). The molecule has 252 valence electrons. The second kappa shape index (κ2) is 16.2. The van der Waals surface area contributed by atoms with Crippen LogP contribution in [0.15, 0.2) is 73.1 Å². The fourth-order valence-electron chi connectivity index (χ4n) is 4.68. The number of pyridine rings is 1. The number of aryl methyl sites for hydroxylation is 1. The summed E-state index contributed by atoms with van der Waals surface area (Å²) in [5.74, 6) is -3.30. The number of carboxylic acids is 1. The second-order valence-electron chi connectivity index (χ2n) is 10.6. The van der Waals surface area contributed by atoms with E-state index in [9.17, 15) is 33.8 Å². The number of amides is 3. The molecule has 0 saturated carbocycles. The van der Waals surface area contributed by atoms with Gasteiger partial charge < -0.3 is 45.7 Å². The van der Waals surface area contributed by atoms with E-state index in [1.807, 2.05) is 13.0 Å². The van der Waals surface area contributed by atoms with Crippen molar-refractivity contribution in [2.24, 2.45) is 0 Å². The summed E-state index contributed by atoms with van der Waals surface area (Å²) in [7, 11) is 0. The van der Waals surface area contributed by atoms with E-state index < -0.39 is 54.9 Å². The van der Waals surface area contributed by atoms with Gasteiger partial charge in [-0.3, -0.25) is 14.6 Å². The normalized spacial score (nSPS) is 12.0. The van der Waals surface area contributed by atoms with Crippen LogP contribution in [0.3, 0.4) is 0 Å². The minimum Gasteiger partial charge on any atom is -0.481 e. The lowest BCUT2D eigenvalue weighted by atomic mass is 9.89. The lowest BCUT2D eigenvalue weighted by Crippen LogP contribution is -2.56. The van der Waals surface area contributed by atoms with Crippen LogP contribution in [0.2, 0.25) is 0 Å². The molecule has 3 amide bonds. The van der Waals surface area contributed by atoms with Gasteiger partial charge in [0.05, 0.1) is 29.2 Å². The molecule has 0 saturated heterocycles. The number of aromatic nitrogens is 2. The number of urea groups is 1. The SMILES string of the molecule is Cc1cccc(NC(=O)Nc2ccc(Oc3ccnc(-c4cc(C(=O)NC(CCO)(CCC(=O)O)C(=O)OCCO)c[nH]4)c3)cc2F)c1. The van der Waals surface area contributed by atoms with Gasteiger partial charge in [0.2, 0.25) is 0 Å². The van der Waals surface area contributed by atoms with Crippen molar-refractivity contribution >= 4 is 35.3 Å². The third-order valence-electron chi connectivity index (χ3n) is 7.03. The number of aliphatic hydroxyl groups excluding tert-OH is 2. The minimum atomic E-state index is -1.87. The first-order valence-corrected chi connectivity index (χ1v) is 14.7. The Labute approximate surface area is 273 Å². The number of benzene rings is 2. The van der Waals surface area contributed by atoms with Crippen molar-refractivity contribution < 1.29 is 48.4 Å². The number of carbonyl (C=O) groups is 4. The lowest BCUT2D eigenvalue weighted by molar-refractivity contribution is -0.154. The molecule has 48 heavy (non-hydrogen) atoms. The zero-order chi connectivity index (χ0) is 34.7. The van der Waals surface area contributed by atoms with Gasteiger partial charge in [-0.15, -0.1) is 0 Å². The van der Waals surface area contributed by atoms with Gasteiger partial charge >= 0.3 is 18.0 Å². The first-order valence-electron chi connectivity index (χ1n) is 14.7. The molecule has 0 fully saturated rings. The van der Waals surface area contributed by atoms with Crippen molar-refractivity contribution in [2.45, 2.75) is 31.7 Å². The Balaban J connectivity index is 1.44. The number of H-pyrrole nitrogens is 1. The average Bonchev–Trinajstić information content (AvgIpc) is 3.55. The van der Waals surface area contributed by atoms with Crippen LogP contribution in [-0.4, -0.2) is 74.5 Å². The highest BCUT2D eigenvalue weighted by atomic mass is 19.1. The number of anilines is 2. The molecule has 2 aromatic heterocycles. The van der Waals surface area contributed by atoms with Gasteiger partial charge in [-0.25, -0.2) is 14.0 Å². The minimum absolute atomic E-state index is 0.0577. The first kappa shape index (κ1) is 35.1.